The Hall–Kier alpha value is -1.95. The summed E-state index contributed by atoms with van der Waals surface area (Å²) in [7, 11) is 0. The molecule has 3 rings (SSSR count). The summed E-state index contributed by atoms with van der Waals surface area (Å²) in [6.45, 7) is 3.79. The molecule has 0 amide bonds. The molecule has 1 N–H and O–H groups in total. The van der Waals surface area contributed by atoms with Gasteiger partial charge in [-0.05, 0) is 45.0 Å². The second-order valence-electron chi connectivity index (χ2n) is 6.43. The van der Waals surface area contributed by atoms with Crippen molar-refractivity contribution in [3.63, 3.8) is 0 Å². The van der Waals surface area contributed by atoms with Crippen LogP contribution in [0.5, 0.6) is 0 Å². The van der Waals surface area contributed by atoms with Crippen LogP contribution in [-0.4, -0.2) is 37.5 Å². The third-order valence-electron chi connectivity index (χ3n) is 4.78. The molecule has 6 heteroatoms. The average molecular weight is 334 g/mol. The molecule has 1 aromatic carbocycles. The number of nitrogens with one attached hydrogen (secondary N) is 1. The first-order valence-corrected chi connectivity index (χ1v) is 8.49. The normalized spacial score (nSPS) is 22.6. The van der Waals surface area contributed by atoms with E-state index in [1.165, 1.54) is 12.1 Å². The Morgan fingerprint density at radius 3 is 2.96 bits per heavy atom. The Morgan fingerprint density at radius 2 is 2.25 bits per heavy atom. The summed E-state index contributed by atoms with van der Waals surface area (Å²) in [5.74, 6) is -0.436. The molecule has 1 fully saturated rings. The fraction of sp³-hybridized carbons (Fsp3) is 0.556. The highest BCUT2D eigenvalue weighted by molar-refractivity contribution is 6.01. The molecule has 1 atom stereocenters. The minimum Gasteiger partial charge on any atom is -0.466 e. The first kappa shape index (κ1) is 16.9. The quantitative estimate of drug-likeness (QED) is 0.841. The highest BCUT2D eigenvalue weighted by Crippen LogP contribution is 2.38. The number of nitrogens with zero attached hydrogens (tertiary/aromatic N) is 1. The van der Waals surface area contributed by atoms with Gasteiger partial charge in [-0.3, -0.25) is 4.79 Å². The molecule has 5 nitrogen and oxygen atoms in total. The van der Waals surface area contributed by atoms with Crippen molar-refractivity contribution in [2.75, 3.05) is 19.7 Å². The molecule has 0 aliphatic carbocycles. The van der Waals surface area contributed by atoms with Gasteiger partial charge in [0.1, 0.15) is 11.9 Å². The van der Waals surface area contributed by atoms with Crippen LogP contribution >= 0.6 is 0 Å². The molecular weight excluding hydrogens is 311 g/mol. The van der Waals surface area contributed by atoms with Gasteiger partial charge in [-0.1, -0.05) is 17.3 Å². The van der Waals surface area contributed by atoms with Crippen molar-refractivity contribution in [2.45, 2.75) is 38.7 Å². The Labute approximate surface area is 141 Å². The van der Waals surface area contributed by atoms with E-state index in [0.717, 1.165) is 37.2 Å². The molecule has 1 saturated heterocycles. The van der Waals surface area contributed by atoms with E-state index in [4.69, 9.17) is 9.57 Å². The van der Waals surface area contributed by atoms with Crippen molar-refractivity contribution >= 4 is 11.7 Å². The largest absolute Gasteiger partial charge is 0.466 e. The first-order chi connectivity index (χ1) is 11.6. The van der Waals surface area contributed by atoms with E-state index in [-0.39, 0.29) is 17.9 Å². The summed E-state index contributed by atoms with van der Waals surface area (Å²) in [5.41, 5.74) is 0.944. The number of ether oxygens (including phenoxy) is 1. The lowest BCUT2D eigenvalue weighted by Gasteiger charge is -2.36. The predicted molar refractivity (Wildman–Crippen MR) is 88.2 cm³/mol. The summed E-state index contributed by atoms with van der Waals surface area (Å²) in [5, 5.41) is 7.40. The van der Waals surface area contributed by atoms with Gasteiger partial charge in [-0.15, -0.1) is 0 Å². The van der Waals surface area contributed by atoms with Gasteiger partial charge in [-0.2, -0.15) is 0 Å². The Kier molecular flexibility index (Phi) is 5.14. The van der Waals surface area contributed by atoms with E-state index in [9.17, 15) is 9.18 Å². The number of halogens is 1. The van der Waals surface area contributed by atoms with Crippen LogP contribution in [0.15, 0.2) is 29.4 Å². The molecule has 2 aliphatic rings. The second kappa shape index (κ2) is 7.30. The van der Waals surface area contributed by atoms with E-state index in [0.29, 0.717) is 19.4 Å². The minimum atomic E-state index is -0.515. The number of oxime groups is 1. The zero-order chi connectivity index (χ0) is 17.0. The number of carbonyl (C=O) groups excluding carboxylic acids is 1. The van der Waals surface area contributed by atoms with Gasteiger partial charge in [0.2, 0.25) is 0 Å². The molecule has 0 spiro atoms. The monoisotopic (exact) mass is 334 g/mol. The molecular formula is C18H23FN2O3. The predicted octanol–water partition coefficient (Wildman–Crippen LogP) is 2.64. The summed E-state index contributed by atoms with van der Waals surface area (Å²) in [4.78, 5) is 18.1. The van der Waals surface area contributed by atoms with Gasteiger partial charge in [0, 0.05) is 18.4 Å². The van der Waals surface area contributed by atoms with Crippen LogP contribution in [0.1, 0.15) is 38.2 Å². The molecule has 2 heterocycles. The van der Waals surface area contributed by atoms with E-state index in [1.807, 2.05) is 13.0 Å². The van der Waals surface area contributed by atoms with Crippen LogP contribution < -0.4 is 5.32 Å². The smallest absolute Gasteiger partial charge is 0.312 e. The topological polar surface area (TPSA) is 59.9 Å². The van der Waals surface area contributed by atoms with Crippen LogP contribution in [0.25, 0.3) is 0 Å². The maximum atomic E-state index is 13.4. The molecule has 0 unspecified atom stereocenters. The van der Waals surface area contributed by atoms with Gasteiger partial charge in [0.15, 0.2) is 0 Å². The van der Waals surface area contributed by atoms with Gasteiger partial charge in [0.05, 0.1) is 17.7 Å². The van der Waals surface area contributed by atoms with E-state index in [2.05, 4.69) is 10.5 Å². The molecule has 1 aromatic rings. The van der Waals surface area contributed by atoms with E-state index < -0.39 is 5.41 Å². The average Bonchev–Trinajstić information content (AvgIpc) is 3.04. The lowest BCUT2D eigenvalue weighted by molar-refractivity contribution is -0.160. The first-order valence-electron chi connectivity index (χ1n) is 8.49. The second-order valence-corrected chi connectivity index (χ2v) is 6.43. The SMILES string of the molecule is CCOC(=O)C1(C[C@H]2CC(c3cccc(F)c3)=NO2)CCNCC1. The van der Waals surface area contributed by atoms with Crippen molar-refractivity contribution in [1.29, 1.82) is 0 Å². The maximum Gasteiger partial charge on any atom is 0.312 e. The highest BCUT2D eigenvalue weighted by atomic mass is 19.1. The zero-order valence-corrected chi connectivity index (χ0v) is 13.9. The third kappa shape index (κ3) is 3.59. The lowest BCUT2D eigenvalue weighted by Crippen LogP contribution is -2.45. The van der Waals surface area contributed by atoms with Crippen molar-refractivity contribution in [2.24, 2.45) is 10.6 Å². The Balaban J connectivity index is 1.68. The number of hydrogen-bond donors (Lipinski definition) is 1. The fourth-order valence-corrected chi connectivity index (χ4v) is 3.49. The molecule has 0 bridgehead atoms. The van der Waals surface area contributed by atoms with Crippen LogP contribution in [0.3, 0.4) is 0 Å². The molecule has 0 saturated carbocycles. The van der Waals surface area contributed by atoms with Crippen LogP contribution in [-0.2, 0) is 14.4 Å². The van der Waals surface area contributed by atoms with E-state index in [1.54, 1.807) is 6.07 Å². The van der Waals surface area contributed by atoms with Crippen molar-refractivity contribution in [1.82, 2.24) is 5.32 Å². The fourth-order valence-electron chi connectivity index (χ4n) is 3.49. The molecule has 130 valence electrons. The Bertz CT molecular complexity index is 626. The lowest BCUT2D eigenvalue weighted by atomic mass is 9.74. The van der Waals surface area contributed by atoms with Crippen LogP contribution in [0.2, 0.25) is 0 Å². The third-order valence-corrected chi connectivity index (χ3v) is 4.78. The zero-order valence-electron chi connectivity index (χ0n) is 13.9. The summed E-state index contributed by atoms with van der Waals surface area (Å²) in [6.07, 6.45) is 2.46. The summed E-state index contributed by atoms with van der Waals surface area (Å²) in [6, 6.07) is 6.34. The number of carbonyl (C=O) groups is 1. The molecule has 2 aliphatic heterocycles. The number of esters is 1. The van der Waals surface area contributed by atoms with Crippen LogP contribution in [0, 0.1) is 11.2 Å². The van der Waals surface area contributed by atoms with E-state index >= 15 is 0 Å². The van der Waals surface area contributed by atoms with Crippen molar-refractivity contribution in [3.05, 3.63) is 35.6 Å². The highest BCUT2D eigenvalue weighted by Gasteiger charge is 2.44. The van der Waals surface area contributed by atoms with Crippen LogP contribution in [0.4, 0.5) is 4.39 Å². The van der Waals surface area contributed by atoms with Crippen molar-refractivity contribution in [3.8, 4) is 0 Å². The molecule has 24 heavy (non-hydrogen) atoms. The standard InChI is InChI=1S/C18H23FN2O3/c1-2-23-17(22)18(6-8-20-9-7-18)12-15-11-16(21-24-15)13-4-3-5-14(19)10-13/h3-5,10,15,20H,2,6-9,11-12H2,1H3/t15-/m1/s1. The Morgan fingerprint density at radius 1 is 1.46 bits per heavy atom. The maximum absolute atomic E-state index is 13.4. The minimum absolute atomic E-state index is 0.144. The van der Waals surface area contributed by atoms with Gasteiger partial charge < -0.3 is 14.9 Å². The summed E-state index contributed by atoms with van der Waals surface area (Å²) < 4.78 is 18.7. The van der Waals surface area contributed by atoms with Crippen molar-refractivity contribution < 1.29 is 18.8 Å². The van der Waals surface area contributed by atoms with Gasteiger partial charge >= 0.3 is 5.97 Å². The molecule has 0 radical (unpaired) electrons. The van der Waals surface area contributed by atoms with Gasteiger partial charge in [-0.25, -0.2) is 4.39 Å². The number of benzene rings is 1. The number of rotatable bonds is 5. The van der Waals surface area contributed by atoms with Gasteiger partial charge in [0.25, 0.3) is 0 Å². The molecule has 0 aromatic heterocycles. The summed E-state index contributed by atoms with van der Waals surface area (Å²) >= 11 is 0. The number of piperidine rings is 1. The number of hydrogen-bond acceptors (Lipinski definition) is 5.